The molecule has 1 aliphatic rings. The molecule has 0 bridgehead atoms. The lowest BCUT2D eigenvalue weighted by Gasteiger charge is -2.28. The van der Waals surface area contributed by atoms with Crippen molar-refractivity contribution in [2.45, 2.75) is 12.5 Å². The summed E-state index contributed by atoms with van der Waals surface area (Å²) in [5, 5.41) is 0.533. The van der Waals surface area contributed by atoms with Crippen molar-refractivity contribution < 1.29 is 9.53 Å². The van der Waals surface area contributed by atoms with Gasteiger partial charge in [0.05, 0.1) is 6.61 Å². The molecule has 1 aliphatic heterocycles. The molecule has 0 aromatic carbocycles. The number of thioether (sulfide) groups is 1. The average molecular weight is 301 g/mol. The molecule has 6 heteroatoms. The van der Waals surface area contributed by atoms with Crippen molar-refractivity contribution in [2.75, 3.05) is 31.8 Å². The van der Waals surface area contributed by atoms with E-state index in [2.05, 4.69) is 4.98 Å². The lowest BCUT2D eigenvalue weighted by molar-refractivity contribution is 0.0619. The second kappa shape index (κ2) is 7.12. The Morgan fingerprint density at radius 3 is 3.16 bits per heavy atom. The van der Waals surface area contributed by atoms with E-state index < -0.39 is 0 Å². The summed E-state index contributed by atoms with van der Waals surface area (Å²) in [6.07, 6.45) is 2.59. The number of nitrogens with zero attached hydrogens (tertiary/aromatic N) is 2. The van der Waals surface area contributed by atoms with Gasteiger partial charge in [0.1, 0.15) is 5.69 Å². The van der Waals surface area contributed by atoms with Crippen LogP contribution in [0, 0.1) is 0 Å². The highest BCUT2D eigenvalue weighted by Crippen LogP contribution is 2.23. The van der Waals surface area contributed by atoms with E-state index in [4.69, 9.17) is 16.3 Å². The predicted octanol–water partition coefficient (Wildman–Crippen LogP) is 2.33. The van der Waals surface area contributed by atoms with E-state index in [1.165, 1.54) is 0 Å². The number of methoxy groups -OCH3 is 1. The van der Waals surface area contributed by atoms with E-state index in [1.807, 2.05) is 16.7 Å². The maximum Gasteiger partial charge on any atom is 0.272 e. The number of carbonyl (C=O) groups is 1. The van der Waals surface area contributed by atoms with Crippen LogP contribution in [0.15, 0.2) is 18.3 Å². The number of carbonyl (C=O) groups excluding carboxylic acids is 1. The molecule has 19 heavy (non-hydrogen) atoms. The van der Waals surface area contributed by atoms with Crippen molar-refractivity contribution in [2.24, 2.45) is 0 Å². The summed E-state index contributed by atoms with van der Waals surface area (Å²) < 4.78 is 5.09. The van der Waals surface area contributed by atoms with Crippen LogP contribution < -0.4 is 0 Å². The van der Waals surface area contributed by atoms with Gasteiger partial charge in [-0.15, -0.1) is 0 Å². The highest BCUT2D eigenvalue weighted by molar-refractivity contribution is 7.99. The zero-order chi connectivity index (χ0) is 13.7. The van der Waals surface area contributed by atoms with Gasteiger partial charge in [-0.05, 0) is 24.3 Å². The lowest BCUT2D eigenvalue weighted by Crippen LogP contribution is -2.42. The standard InChI is InChI=1S/C13H17ClN2O2S/c1-18-6-5-16(11-3-7-19-9-11)13(17)12-8-10(14)2-4-15-12/h2,4,8,11H,3,5-7,9H2,1H3. The van der Waals surface area contributed by atoms with Crippen molar-refractivity contribution in [3.63, 3.8) is 0 Å². The molecule has 0 aliphatic carbocycles. The maximum absolute atomic E-state index is 12.5. The van der Waals surface area contributed by atoms with E-state index in [-0.39, 0.29) is 11.9 Å². The zero-order valence-electron chi connectivity index (χ0n) is 10.8. The summed E-state index contributed by atoms with van der Waals surface area (Å²) in [5.74, 6) is 2.02. The van der Waals surface area contributed by atoms with Gasteiger partial charge >= 0.3 is 0 Å². The number of aromatic nitrogens is 1. The summed E-state index contributed by atoms with van der Waals surface area (Å²) >= 11 is 7.80. The number of halogens is 1. The highest BCUT2D eigenvalue weighted by atomic mass is 35.5. The number of rotatable bonds is 5. The van der Waals surface area contributed by atoms with Crippen LogP contribution >= 0.6 is 23.4 Å². The SMILES string of the molecule is COCCN(C(=O)c1cc(Cl)ccn1)C1CCSC1. The normalized spacial score (nSPS) is 18.5. The first-order valence-electron chi connectivity index (χ1n) is 6.21. The molecule has 1 unspecified atom stereocenters. The molecule has 1 atom stereocenters. The molecule has 0 N–H and O–H groups in total. The molecule has 2 rings (SSSR count). The molecule has 1 aromatic rings. The van der Waals surface area contributed by atoms with Gasteiger partial charge in [0.15, 0.2) is 0 Å². The number of pyridine rings is 1. The average Bonchev–Trinajstić information content (AvgIpc) is 2.93. The zero-order valence-corrected chi connectivity index (χ0v) is 12.4. The quantitative estimate of drug-likeness (QED) is 0.837. The Morgan fingerprint density at radius 1 is 1.68 bits per heavy atom. The minimum atomic E-state index is -0.0629. The van der Waals surface area contributed by atoms with Crippen molar-refractivity contribution >= 4 is 29.3 Å². The van der Waals surface area contributed by atoms with E-state index in [1.54, 1.807) is 25.4 Å². The predicted molar refractivity (Wildman–Crippen MR) is 77.9 cm³/mol. The Morgan fingerprint density at radius 2 is 2.53 bits per heavy atom. The largest absolute Gasteiger partial charge is 0.383 e. The van der Waals surface area contributed by atoms with Gasteiger partial charge in [0, 0.05) is 36.7 Å². The fourth-order valence-corrected chi connectivity index (χ4v) is 3.46. The van der Waals surface area contributed by atoms with Crippen LogP contribution in [-0.4, -0.2) is 53.6 Å². The molecular formula is C13H17ClN2O2S. The van der Waals surface area contributed by atoms with E-state index in [0.29, 0.717) is 23.9 Å². The van der Waals surface area contributed by atoms with Crippen molar-refractivity contribution in [3.8, 4) is 0 Å². The molecule has 1 amide bonds. The Bertz CT molecular complexity index is 438. The summed E-state index contributed by atoms with van der Waals surface area (Å²) in [4.78, 5) is 18.5. The highest BCUT2D eigenvalue weighted by Gasteiger charge is 2.28. The van der Waals surface area contributed by atoms with Crippen LogP contribution in [0.4, 0.5) is 0 Å². The van der Waals surface area contributed by atoms with E-state index in [0.717, 1.165) is 17.9 Å². The van der Waals surface area contributed by atoms with Gasteiger partial charge in [-0.3, -0.25) is 9.78 Å². The molecule has 104 valence electrons. The summed E-state index contributed by atoms with van der Waals surface area (Å²) in [6.45, 7) is 1.13. The van der Waals surface area contributed by atoms with Gasteiger partial charge < -0.3 is 9.64 Å². The van der Waals surface area contributed by atoms with Gasteiger partial charge in [-0.2, -0.15) is 11.8 Å². The molecule has 1 fully saturated rings. The fraction of sp³-hybridized carbons (Fsp3) is 0.538. The summed E-state index contributed by atoms with van der Waals surface area (Å²) in [7, 11) is 1.64. The molecule has 4 nitrogen and oxygen atoms in total. The summed E-state index contributed by atoms with van der Waals surface area (Å²) in [5.41, 5.74) is 0.403. The number of amides is 1. The van der Waals surface area contributed by atoms with Crippen LogP contribution in [0.2, 0.25) is 5.02 Å². The molecule has 1 aromatic heterocycles. The Hall–Kier alpha value is -0.780. The van der Waals surface area contributed by atoms with Crippen molar-refractivity contribution in [3.05, 3.63) is 29.0 Å². The fourth-order valence-electron chi connectivity index (χ4n) is 2.08. The Labute approximate surface area is 122 Å². The van der Waals surface area contributed by atoms with Crippen molar-refractivity contribution in [1.82, 2.24) is 9.88 Å². The van der Waals surface area contributed by atoms with E-state index >= 15 is 0 Å². The molecule has 0 spiro atoms. The van der Waals surface area contributed by atoms with Crippen LogP contribution in [0.25, 0.3) is 0 Å². The summed E-state index contributed by atoms with van der Waals surface area (Å²) in [6, 6.07) is 3.56. The van der Waals surface area contributed by atoms with Gasteiger partial charge in [-0.25, -0.2) is 0 Å². The third-order valence-electron chi connectivity index (χ3n) is 3.08. The smallest absolute Gasteiger partial charge is 0.272 e. The first-order chi connectivity index (χ1) is 9.22. The first kappa shape index (κ1) is 14.6. The second-order valence-electron chi connectivity index (χ2n) is 4.37. The topological polar surface area (TPSA) is 42.4 Å². The molecular weight excluding hydrogens is 284 g/mol. The molecule has 2 heterocycles. The van der Waals surface area contributed by atoms with Gasteiger partial charge in [0.2, 0.25) is 0 Å². The number of hydrogen-bond acceptors (Lipinski definition) is 4. The van der Waals surface area contributed by atoms with Gasteiger partial charge in [-0.1, -0.05) is 11.6 Å². The van der Waals surface area contributed by atoms with Crippen LogP contribution in [0.5, 0.6) is 0 Å². The third kappa shape index (κ3) is 3.84. The Kier molecular flexibility index (Phi) is 5.48. The lowest BCUT2D eigenvalue weighted by atomic mass is 10.2. The monoisotopic (exact) mass is 300 g/mol. The van der Waals surface area contributed by atoms with Crippen LogP contribution in [-0.2, 0) is 4.74 Å². The second-order valence-corrected chi connectivity index (χ2v) is 5.95. The minimum Gasteiger partial charge on any atom is -0.383 e. The number of hydrogen-bond donors (Lipinski definition) is 0. The molecule has 0 radical (unpaired) electrons. The third-order valence-corrected chi connectivity index (χ3v) is 4.46. The molecule has 0 saturated carbocycles. The van der Waals surface area contributed by atoms with Gasteiger partial charge in [0.25, 0.3) is 5.91 Å². The van der Waals surface area contributed by atoms with Crippen molar-refractivity contribution in [1.29, 1.82) is 0 Å². The Balaban J connectivity index is 2.14. The van der Waals surface area contributed by atoms with Crippen LogP contribution in [0.1, 0.15) is 16.9 Å². The van der Waals surface area contributed by atoms with Crippen LogP contribution in [0.3, 0.4) is 0 Å². The maximum atomic E-state index is 12.5. The van der Waals surface area contributed by atoms with E-state index in [9.17, 15) is 4.79 Å². The first-order valence-corrected chi connectivity index (χ1v) is 7.75. The molecule has 1 saturated heterocycles. The number of ether oxygens (including phenoxy) is 1. The minimum absolute atomic E-state index is 0.0629.